The molecule has 5 atom stereocenters. The molecule has 0 saturated carbocycles. The first-order valence-corrected chi connectivity index (χ1v) is 7.88. The second kappa shape index (κ2) is 7.12. The standard InChI is InChI=1S/C13H20ClN5O5/c1-6(2)23-11-13(3,14)10(21)16-12(22)19(11)9-4-7(17-18-15)8(5-20)24-9/h6-9,11,20H,4-5H2,1-3H3,(H,16,21,22)/t7-,8+,9+,11?,13?/m1/s1. The maximum atomic E-state index is 12.3. The van der Waals surface area contributed by atoms with Crippen LogP contribution in [0.1, 0.15) is 27.2 Å². The third-order valence-electron chi connectivity index (χ3n) is 3.91. The molecule has 2 heterocycles. The number of imide groups is 1. The van der Waals surface area contributed by atoms with E-state index in [1.165, 1.54) is 11.8 Å². The summed E-state index contributed by atoms with van der Waals surface area (Å²) < 4.78 is 11.3. The van der Waals surface area contributed by atoms with Gasteiger partial charge in [0.2, 0.25) is 0 Å². The van der Waals surface area contributed by atoms with Gasteiger partial charge in [0.15, 0.2) is 11.1 Å². The molecule has 2 unspecified atom stereocenters. The van der Waals surface area contributed by atoms with E-state index in [0.29, 0.717) is 0 Å². The highest BCUT2D eigenvalue weighted by molar-refractivity contribution is 6.36. The van der Waals surface area contributed by atoms with Gasteiger partial charge in [0.1, 0.15) is 6.23 Å². The zero-order valence-electron chi connectivity index (χ0n) is 13.5. The highest BCUT2D eigenvalue weighted by atomic mass is 35.5. The van der Waals surface area contributed by atoms with Gasteiger partial charge in [-0.25, -0.2) is 4.79 Å². The van der Waals surface area contributed by atoms with E-state index in [1.807, 2.05) is 0 Å². The number of ether oxygens (including phenoxy) is 2. The van der Waals surface area contributed by atoms with Crippen LogP contribution in [0, 0.1) is 0 Å². The molecule has 3 amide bonds. The van der Waals surface area contributed by atoms with Gasteiger partial charge < -0.3 is 14.6 Å². The molecule has 134 valence electrons. The van der Waals surface area contributed by atoms with Gasteiger partial charge in [0, 0.05) is 11.3 Å². The highest BCUT2D eigenvalue weighted by Gasteiger charge is 2.55. The van der Waals surface area contributed by atoms with Gasteiger partial charge in [-0.15, -0.1) is 11.6 Å². The van der Waals surface area contributed by atoms with Crippen LogP contribution in [0.4, 0.5) is 4.79 Å². The van der Waals surface area contributed by atoms with Crippen molar-refractivity contribution in [1.29, 1.82) is 0 Å². The molecule has 2 saturated heterocycles. The van der Waals surface area contributed by atoms with Crippen LogP contribution >= 0.6 is 11.6 Å². The molecule has 0 spiro atoms. The normalized spacial score (nSPS) is 36.7. The number of hydrogen-bond acceptors (Lipinski definition) is 6. The van der Waals surface area contributed by atoms with Crippen molar-refractivity contribution in [2.24, 2.45) is 5.11 Å². The summed E-state index contributed by atoms with van der Waals surface area (Å²) in [5.74, 6) is -0.667. The monoisotopic (exact) mass is 361 g/mol. The molecule has 2 aliphatic rings. The fourth-order valence-electron chi connectivity index (χ4n) is 2.73. The predicted octanol–water partition coefficient (Wildman–Crippen LogP) is 1.07. The quantitative estimate of drug-likeness (QED) is 0.326. The SMILES string of the molecule is CC(C)OC1N([C@@H]2C[C@@H](N=[N+]=[N-])[C@H](CO)O2)C(=O)NC(=O)C1(C)Cl. The van der Waals surface area contributed by atoms with Gasteiger partial charge >= 0.3 is 6.03 Å². The maximum absolute atomic E-state index is 12.3. The minimum absolute atomic E-state index is 0.155. The summed E-state index contributed by atoms with van der Waals surface area (Å²) in [6, 6.07) is -1.36. The van der Waals surface area contributed by atoms with E-state index in [-0.39, 0.29) is 19.1 Å². The topological polar surface area (TPSA) is 137 Å². The number of alkyl halides is 1. The number of aliphatic hydroxyl groups excluding tert-OH is 1. The summed E-state index contributed by atoms with van der Waals surface area (Å²) >= 11 is 6.32. The van der Waals surface area contributed by atoms with Crippen LogP contribution in [0.3, 0.4) is 0 Å². The number of carbonyl (C=O) groups is 2. The van der Waals surface area contributed by atoms with E-state index in [1.54, 1.807) is 13.8 Å². The zero-order valence-corrected chi connectivity index (χ0v) is 14.3. The van der Waals surface area contributed by atoms with Gasteiger partial charge in [0.05, 0.1) is 24.9 Å². The number of urea groups is 1. The number of hydrogen-bond donors (Lipinski definition) is 2. The Labute approximate surface area is 143 Å². The van der Waals surface area contributed by atoms with Crippen molar-refractivity contribution in [3.8, 4) is 0 Å². The van der Waals surface area contributed by atoms with Crippen molar-refractivity contribution in [3.63, 3.8) is 0 Å². The van der Waals surface area contributed by atoms with E-state index in [4.69, 9.17) is 26.6 Å². The Morgan fingerprint density at radius 1 is 1.62 bits per heavy atom. The summed E-state index contributed by atoms with van der Waals surface area (Å²) in [6.07, 6.45) is -2.83. The fourth-order valence-corrected chi connectivity index (χ4v) is 2.94. The molecular weight excluding hydrogens is 342 g/mol. The minimum Gasteiger partial charge on any atom is -0.394 e. The smallest absolute Gasteiger partial charge is 0.328 e. The first-order valence-electron chi connectivity index (χ1n) is 7.51. The molecular formula is C13H20ClN5O5. The molecule has 0 bridgehead atoms. The van der Waals surface area contributed by atoms with E-state index in [0.717, 1.165) is 0 Å². The number of carbonyl (C=O) groups excluding carboxylic acids is 2. The molecule has 24 heavy (non-hydrogen) atoms. The second-order valence-electron chi connectivity index (χ2n) is 6.10. The zero-order chi connectivity index (χ0) is 18.1. The molecule has 2 fully saturated rings. The van der Waals surface area contributed by atoms with Crippen LogP contribution < -0.4 is 5.32 Å². The van der Waals surface area contributed by atoms with Crippen LogP contribution in [0.15, 0.2) is 5.11 Å². The maximum Gasteiger partial charge on any atom is 0.328 e. The van der Waals surface area contributed by atoms with Crippen LogP contribution in [0.25, 0.3) is 10.4 Å². The Bertz CT molecular complexity index is 565. The fraction of sp³-hybridized carbons (Fsp3) is 0.846. The second-order valence-corrected chi connectivity index (χ2v) is 6.88. The van der Waals surface area contributed by atoms with E-state index in [9.17, 15) is 14.7 Å². The lowest BCUT2D eigenvalue weighted by atomic mass is 10.0. The number of nitrogens with zero attached hydrogens (tertiary/aromatic N) is 4. The van der Waals surface area contributed by atoms with Gasteiger partial charge in [-0.1, -0.05) is 5.11 Å². The Balaban J connectivity index is 2.32. The van der Waals surface area contributed by atoms with Crippen molar-refractivity contribution in [3.05, 3.63) is 10.4 Å². The molecule has 0 radical (unpaired) electrons. The van der Waals surface area contributed by atoms with Crippen molar-refractivity contribution in [2.45, 2.75) is 62.8 Å². The van der Waals surface area contributed by atoms with Crippen LogP contribution in [-0.2, 0) is 14.3 Å². The summed E-state index contributed by atoms with van der Waals surface area (Å²) in [5.41, 5.74) is 8.62. The molecule has 2 aliphatic heterocycles. The van der Waals surface area contributed by atoms with Gasteiger partial charge in [-0.3, -0.25) is 15.0 Å². The number of azide groups is 1. The van der Waals surface area contributed by atoms with Gasteiger partial charge in [-0.2, -0.15) is 0 Å². The van der Waals surface area contributed by atoms with Crippen molar-refractivity contribution < 1.29 is 24.2 Å². The lowest BCUT2D eigenvalue weighted by molar-refractivity contribution is -0.170. The summed E-state index contributed by atoms with van der Waals surface area (Å²) in [6.45, 7) is 4.57. The Morgan fingerprint density at radius 2 is 2.29 bits per heavy atom. The summed E-state index contributed by atoms with van der Waals surface area (Å²) in [7, 11) is 0. The number of halogens is 1. The Morgan fingerprint density at radius 3 is 2.83 bits per heavy atom. The van der Waals surface area contributed by atoms with Gasteiger partial charge in [-0.05, 0) is 26.3 Å². The molecule has 2 N–H and O–H groups in total. The highest BCUT2D eigenvalue weighted by Crippen LogP contribution is 2.35. The van der Waals surface area contributed by atoms with Crippen molar-refractivity contribution in [2.75, 3.05) is 6.61 Å². The average Bonchev–Trinajstić information content (AvgIpc) is 2.88. The predicted molar refractivity (Wildman–Crippen MR) is 82.9 cm³/mol. The number of rotatable bonds is 5. The van der Waals surface area contributed by atoms with E-state index < -0.39 is 41.4 Å². The largest absolute Gasteiger partial charge is 0.394 e. The van der Waals surface area contributed by atoms with Gasteiger partial charge in [0.25, 0.3) is 5.91 Å². The van der Waals surface area contributed by atoms with Crippen LogP contribution in [0.5, 0.6) is 0 Å². The number of nitrogens with one attached hydrogen (secondary N) is 1. The number of aliphatic hydroxyl groups is 1. The van der Waals surface area contributed by atoms with E-state index >= 15 is 0 Å². The number of amides is 3. The lowest BCUT2D eigenvalue weighted by Gasteiger charge is -2.45. The summed E-state index contributed by atoms with van der Waals surface area (Å²) in [5, 5.41) is 15.1. The minimum atomic E-state index is -1.52. The average molecular weight is 362 g/mol. The molecule has 0 aromatic rings. The molecule has 2 rings (SSSR count). The van der Waals surface area contributed by atoms with Crippen LogP contribution in [-0.4, -0.2) is 64.1 Å². The molecule has 0 aliphatic carbocycles. The summed E-state index contributed by atoms with van der Waals surface area (Å²) in [4.78, 5) is 26.8. The lowest BCUT2D eigenvalue weighted by Crippen LogP contribution is -2.69. The Hall–Kier alpha value is -1.58. The molecule has 0 aromatic carbocycles. The van der Waals surface area contributed by atoms with Crippen LogP contribution in [0.2, 0.25) is 0 Å². The molecule has 0 aromatic heterocycles. The van der Waals surface area contributed by atoms with Crippen molar-refractivity contribution in [1.82, 2.24) is 10.2 Å². The molecule has 11 heteroatoms. The molecule has 10 nitrogen and oxygen atoms in total. The van der Waals surface area contributed by atoms with Crippen molar-refractivity contribution >= 4 is 23.5 Å². The first-order chi connectivity index (χ1) is 11.2. The first kappa shape index (κ1) is 18.8. The Kier molecular flexibility index (Phi) is 5.56. The third kappa shape index (κ3) is 3.42. The van der Waals surface area contributed by atoms with E-state index in [2.05, 4.69) is 15.3 Å². The third-order valence-corrected chi connectivity index (χ3v) is 4.27.